The summed E-state index contributed by atoms with van der Waals surface area (Å²) in [5, 5.41) is 0. The van der Waals surface area contributed by atoms with E-state index in [-0.39, 0.29) is 0 Å². The summed E-state index contributed by atoms with van der Waals surface area (Å²) in [6.07, 6.45) is -19.4. The highest BCUT2D eigenvalue weighted by molar-refractivity contribution is 4.80. The Morgan fingerprint density at radius 1 is 0.733 bits per heavy atom. The third-order valence-electron chi connectivity index (χ3n) is 0.882. The summed E-state index contributed by atoms with van der Waals surface area (Å²) in [5.74, 6) is 0. The van der Waals surface area contributed by atoms with Gasteiger partial charge in [0.1, 0.15) is 0 Å². The molecule has 0 aromatic heterocycles. The van der Waals surface area contributed by atoms with Crippen LogP contribution in [0.3, 0.4) is 0 Å². The van der Waals surface area contributed by atoms with Gasteiger partial charge < -0.3 is 0 Å². The molecular weight excluding hydrogens is 236 g/mol. The van der Waals surface area contributed by atoms with E-state index in [2.05, 4.69) is 13.8 Å². The minimum Gasteiger partial charge on any atom is -0.234 e. The fourth-order valence-corrected chi connectivity index (χ4v) is 0.332. The van der Waals surface area contributed by atoms with Gasteiger partial charge in [-0.25, -0.2) is 8.78 Å². The molecule has 0 rings (SSSR count). The minimum absolute atomic E-state index is 1.25. The standard InChI is InChI=1S/C4H2F8.C3H8/c5-1(3(7,8)9)2(6)4(10,11)12;1-3-2/h1-2H;3H2,1-2H3. The Bertz CT molecular complexity index is 139. The monoisotopic (exact) mass is 246 g/mol. The Kier molecular flexibility index (Phi) is 6.87. The molecule has 0 saturated carbocycles. The summed E-state index contributed by atoms with van der Waals surface area (Å²) < 4.78 is 89.8. The maximum atomic E-state index is 11.6. The molecule has 0 aliphatic carbocycles. The number of hydrogen-bond acceptors (Lipinski definition) is 0. The van der Waals surface area contributed by atoms with Crippen molar-refractivity contribution in [1.82, 2.24) is 0 Å². The Labute approximate surface area is 81.3 Å². The van der Waals surface area contributed by atoms with Crippen molar-refractivity contribution in [1.29, 1.82) is 0 Å². The molecule has 2 unspecified atom stereocenters. The molecule has 0 bridgehead atoms. The van der Waals surface area contributed by atoms with Crippen LogP contribution in [0.1, 0.15) is 20.3 Å². The Morgan fingerprint density at radius 3 is 0.933 bits per heavy atom. The van der Waals surface area contributed by atoms with Crippen LogP contribution in [0.15, 0.2) is 0 Å². The predicted octanol–water partition coefficient (Wildman–Crippen LogP) is 4.20. The first-order valence-corrected chi connectivity index (χ1v) is 3.90. The molecule has 0 saturated heterocycles. The van der Waals surface area contributed by atoms with E-state index < -0.39 is 24.7 Å². The van der Waals surface area contributed by atoms with Gasteiger partial charge in [-0.1, -0.05) is 20.3 Å². The lowest BCUT2D eigenvalue weighted by atomic mass is 10.2. The van der Waals surface area contributed by atoms with Crippen molar-refractivity contribution in [2.75, 3.05) is 0 Å². The van der Waals surface area contributed by atoms with Gasteiger partial charge in [-0.2, -0.15) is 26.3 Å². The van der Waals surface area contributed by atoms with Crippen LogP contribution >= 0.6 is 0 Å². The van der Waals surface area contributed by atoms with Crippen molar-refractivity contribution in [2.45, 2.75) is 45.0 Å². The summed E-state index contributed by atoms with van der Waals surface area (Å²) in [4.78, 5) is 0. The summed E-state index contributed by atoms with van der Waals surface area (Å²) in [6, 6.07) is 0. The topological polar surface area (TPSA) is 0 Å². The second kappa shape index (κ2) is 6.12. The molecule has 0 aromatic carbocycles. The van der Waals surface area contributed by atoms with Crippen LogP contribution in [0.4, 0.5) is 35.1 Å². The maximum Gasteiger partial charge on any atom is 0.422 e. The molecule has 0 aromatic rings. The van der Waals surface area contributed by atoms with Gasteiger partial charge in [0, 0.05) is 0 Å². The van der Waals surface area contributed by atoms with Crippen molar-refractivity contribution in [2.24, 2.45) is 0 Å². The summed E-state index contributed by atoms with van der Waals surface area (Å²) >= 11 is 0. The molecule has 2 atom stereocenters. The molecule has 8 heteroatoms. The zero-order valence-corrected chi connectivity index (χ0v) is 7.89. The molecule has 0 fully saturated rings. The zero-order chi connectivity index (χ0) is 12.9. The van der Waals surface area contributed by atoms with E-state index in [1.165, 1.54) is 6.42 Å². The number of alkyl halides is 8. The smallest absolute Gasteiger partial charge is 0.234 e. The molecule has 0 radical (unpaired) electrons. The predicted molar refractivity (Wildman–Crippen MR) is 37.9 cm³/mol. The molecule has 0 aliphatic heterocycles. The van der Waals surface area contributed by atoms with Gasteiger partial charge in [-0.05, 0) is 0 Å². The van der Waals surface area contributed by atoms with E-state index in [1.807, 2.05) is 0 Å². The summed E-state index contributed by atoms with van der Waals surface area (Å²) in [7, 11) is 0. The van der Waals surface area contributed by atoms with Gasteiger partial charge in [-0.15, -0.1) is 0 Å². The van der Waals surface area contributed by atoms with E-state index in [9.17, 15) is 35.1 Å². The second-order valence-electron chi connectivity index (χ2n) is 2.59. The molecule has 94 valence electrons. The zero-order valence-electron chi connectivity index (χ0n) is 7.89. The van der Waals surface area contributed by atoms with Gasteiger partial charge in [0.05, 0.1) is 0 Å². The van der Waals surface area contributed by atoms with Crippen LogP contribution in [-0.2, 0) is 0 Å². The first kappa shape index (κ1) is 16.9. The van der Waals surface area contributed by atoms with Crippen molar-refractivity contribution in [3.05, 3.63) is 0 Å². The maximum absolute atomic E-state index is 11.6. The SMILES string of the molecule is CCC.FC(C(F)C(F)(F)F)C(F)(F)F. The molecule has 0 nitrogen and oxygen atoms in total. The molecular formula is C7H10F8. The van der Waals surface area contributed by atoms with Crippen molar-refractivity contribution in [3.63, 3.8) is 0 Å². The first-order valence-electron chi connectivity index (χ1n) is 3.90. The lowest BCUT2D eigenvalue weighted by molar-refractivity contribution is -0.258. The van der Waals surface area contributed by atoms with Gasteiger partial charge in [-0.3, -0.25) is 0 Å². The van der Waals surface area contributed by atoms with Crippen LogP contribution in [0.5, 0.6) is 0 Å². The normalized spacial score (nSPS) is 16.4. The summed E-state index contributed by atoms with van der Waals surface area (Å²) in [6.45, 7) is 4.25. The Balaban J connectivity index is 0. The van der Waals surface area contributed by atoms with Gasteiger partial charge in [0.25, 0.3) is 0 Å². The highest BCUT2D eigenvalue weighted by Crippen LogP contribution is 2.35. The Morgan fingerprint density at radius 2 is 0.867 bits per heavy atom. The van der Waals surface area contributed by atoms with Crippen LogP contribution in [0, 0.1) is 0 Å². The van der Waals surface area contributed by atoms with Gasteiger partial charge >= 0.3 is 12.4 Å². The molecule has 0 aliphatic rings. The van der Waals surface area contributed by atoms with Crippen LogP contribution < -0.4 is 0 Å². The highest BCUT2D eigenvalue weighted by atomic mass is 19.4. The quantitative estimate of drug-likeness (QED) is 0.608. The average Bonchev–Trinajstić information content (AvgIpc) is 1.99. The minimum atomic E-state index is -5.82. The molecule has 0 spiro atoms. The van der Waals surface area contributed by atoms with E-state index in [0.717, 1.165) is 0 Å². The molecule has 15 heavy (non-hydrogen) atoms. The molecule has 0 N–H and O–H groups in total. The third kappa shape index (κ3) is 7.38. The van der Waals surface area contributed by atoms with Crippen LogP contribution in [0.2, 0.25) is 0 Å². The van der Waals surface area contributed by atoms with Crippen molar-refractivity contribution >= 4 is 0 Å². The van der Waals surface area contributed by atoms with Crippen molar-refractivity contribution < 1.29 is 35.1 Å². The van der Waals surface area contributed by atoms with E-state index in [0.29, 0.717) is 0 Å². The van der Waals surface area contributed by atoms with Crippen LogP contribution in [0.25, 0.3) is 0 Å². The van der Waals surface area contributed by atoms with E-state index in [4.69, 9.17) is 0 Å². The lowest BCUT2D eigenvalue weighted by Crippen LogP contribution is -2.42. The average molecular weight is 246 g/mol. The lowest BCUT2D eigenvalue weighted by Gasteiger charge is -2.18. The fourth-order valence-electron chi connectivity index (χ4n) is 0.332. The molecule has 0 amide bonds. The number of rotatable bonds is 1. The second-order valence-corrected chi connectivity index (χ2v) is 2.59. The number of halogens is 8. The van der Waals surface area contributed by atoms with E-state index >= 15 is 0 Å². The first-order chi connectivity index (χ1) is 6.48. The van der Waals surface area contributed by atoms with Gasteiger partial charge in [0.15, 0.2) is 0 Å². The molecule has 0 heterocycles. The summed E-state index contributed by atoms with van der Waals surface area (Å²) in [5.41, 5.74) is 0. The number of hydrogen-bond donors (Lipinski definition) is 0. The third-order valence-corrected chi connectivity index (χ3v) is 0.882. The Hall–Kier alpha value is -0.560. The van der Waals surface area contributed by atoms with Gasteiger partial charge in [0.2, 0.25) is 12.3 Å². The van der Waals surface area contributed by atoms with E-state index in [1.54, 1.807) is 0 Å². The van der Waals surface area contributed by atoms with Crippen LogP contribution in [-0.4, -0.2) is 24.7 Å². The van der Waals surface area contributed by atoms with Crippen molar-refractivity contribution in [3.8, 4) is 0 Å². The fraction of sp³-hybridized carbons (Fsp3) is 1.00. The highest BCUT2D eigenvalue weighted by Gasteiger charge is 2.56. The largest absolute Gasteiger partial charge is 0.422 e.